The first-order valence-electron chi connectivity index (χ1n) is 7.02. The van der Waals surface area contributed by atoms with Gasteiger partial charge in [0.15, 0.2) is 17.3 Å². The molecule has 1 atom stereocenters. The Morgan fingerprint density at radius 1 is 1.19 bits per heavy atom. The maximum Gasteiger partial charge on any atom is 0.176 e. The van der Waals surface area contributed by atoms with Gasteiger partial charge in [0.2, 0.25) is 0 Å². The first kappa shape index (κ1) is 15.2. The van der Waals surface area contributed by atoms with Crippen LogP contribution in [0.25, 0.3) is 0 Å². The molecule has 0 fully saturated rings. The fourth-order valence-electron chi connectivity index (χ4n) is 2.02. The Balaban J connectivity index is 2.16. The van der Waals surface area contributed by atoms with E-state index in [1.165, 1.54) is 4.80 Å². The topological polar surface area (TPSA) is 88.1 Å². The van der Waals surface area contributed by atoms with E-state index in [2.05, 4.69) is 15.4 Å². The highest BCUT2D eigenvalue weighted by Crippen LogP contribution is 2.30. The number of nitrogens with zero attached hydrogens (tertiary/aromatic N) is 4. The van der Waals surface area contributed by atoms with Crippen LogP contribution < -0.4 is 15.2 Å². The van der Waals surface area contributed by atoms with Crippen molar-refractivity contribution in [2.75, 3.05) is 13.2 Å². The molecule has 0 aliphatic carbocycles. The van der Waals surface area contributed by atoms with Crippen molar-refractivity contribution >= 4 is 0 Å². The quantitative estimate of drug-likeness (QED) is 0.826. The highest BCUT2D eigenvalue weighted by atomic mass is 16.5. The van der Waals surface area contributed by atoms with Crippen LogP contribution in [0.5, 0.6) is 11.5 Å². The number of aryl methyl sites for hydroxylation is 1. The summed E-state index contributed by atoms with van der Waals surface area (Å²) in [5.74, 6) is 2.06. The minimum Gasteiger partial charge on any atom is -0.490 e. The van der Waals surface area contributed by atoms with E-state index in [1.807, 2.05) is 32.0 Å². The van der Waals surface area contributed by atoms with E-state index >= 15 is 0 Å². The van der Waals surface area contributed by atoms with Crippen molar-refractivity contribution in [3.8, 4) is 11.5 Å². The lowest BCUT2D eigenvalue weighted by atomic mass is 10.0. The lowest BCUT2D eigenvalue weighted by Gasteiger charge is -2.15. The molecule has 1 heterocycles. The van der Waals surface area contributed by atoms with Gasteiger partial charge in [-0.25, -0.2) is 0 Å². The summed E-state index contributed by atoms with van der Waals surface area (Å²) in [6.07, 6.45) is 0.521. The number of benzene rings is 1. The van der Waals surface area contributed by atoms with E-state index in [-0.39, 0.29) is 6.04 Å². The van der Waals surface area contributed by atoms with Gasteiger partial charge in [-0.05, 0) is 36.8 Å². The van der Waals surface area contributed by atoms with E-state index in [1.54, 1.807) is 7.05 Å². The van der Waals surface area contributed by atoms with Crippen LogP contribution in [0.15, 0.2) is 18.2 Å². The van der Waals surface area contributed by atoms with Crippen molar-refractivity contribution in [1.82, 2.24) is 20.2 Å². The van der Waals surface area contributed by atoms with E-state index in [0.717, 1.165) is 11.3 Å². The van der Waals surface area contributed by atoms with Crippen LogP contribution in [0.4, 0.5) is 0 Å². The van der Waals surface area contributed by atoms with Crippen molar-refractivity contribution in [3.63, 3.8) is 0 Å². The van der Waals surface area contributed by atoms with Gasteiger partial charge < -0.3 is 15.2 Å². The normalized spacial score (nSPS) is 12.2. The lowest BCUT2D eigenvalue weighted by molar-refractivity contribution is 0.287. The summed E-state index contributed by atoms with van der Waals surface area (Å²) < 4.78 is 11.1. The molecule has 0 saturated heterocycles. The maximum absolute atomic E-state index is 6.21. The Bertz CT molecular complexity index is 584. The minimum absolute atomic E-state index is 0.218. The summed E-state index contributed by atoms with van der Waals surface area (Å²) in [7, 11) is 1.73. The van der Waals surface area contributed by atoms with E-state index < -0.39 is 0 Å². The number of tetrazole rings is 1. The lowest BCUT2D eigenvalue weighted by Crippen LogP contribution is -2.15. The molecule has 2 aromatic rings. The SMILES string of the molecule is CCOc1ccc(C(N)Cc2nnn(C)n2)cc1OCC. The summed E-state index contributed by atoms with van der Waals surface area (Å²) in [5, 5.41) is 11.9. The van der Waals surface area contributed by atoms with Crippen molar-refractivity contribution in [1.29, 1.82) is 0 Å². The summed E-state index contributed by atoms with van der Waals surface area (Å²) >= 11 is 0. The highest BCUT2D eigenvalue weighted by Gasteiger charge is 2.14. The molecule has 7 heteroatoms. The standard InChI is InChI=1S/C14H21N5O2/c1-4-20-12-7-6-10(8-13(12)21-5-2)11(15)9-14-16-18-19(3)17-14/h6-8,11H,4-5,9,15H2,1-3H3. The largest absolute Gasteiger partial charge is 0.490 e. The van der Waals surface area contributed by atoms with Crippen LogP contribution in [-0.4, -0.2) is 33.4 Å². The number of ether oxygens (including phenoxy) is 2. The second-order valence-electron chi connectivity index (χ2n) is 4.58. The first-order chi connectivity index (χ1) is 10.1. The van der Waals surface area contributed by atoms with Gasteiger partial charge >= 0.3 is 0 Å². The molecule has 21 heavy (non-hydrogen) atoms. The monoisotopic (exact) mass is 291 g/mol. The zero-order valence-electron chi connectivity index (χ0n) is 12.6. The molecular formula is C14H21N5O2. The number of aromatic nitrogens is 4. The van der Waals surface area contributed by atoms with Crippen LogP contribution in [0.3, 0.4) is 0 Å². The van der Waals surface area contributed by atoms with E-state index in [9.17, 15) is 0 Å². The van der Waals surface area contributed by atoms with Gasteiger partial charge in [-0.1, -0.05) is 6.07 Å². The predicted molar refractivity (Wildman–Crippen MR) is 78.2 cm³/mol. The Hall–Kier alpha value is -2.15. The van der Waals surface area contributed by atoms with Gasteiger partial charge in [0.1, 0.15) is 0 Å². The van der Waals surface area contributed by atoms with Crippen LogP contribution in [-0.2, 0) is 13.5 Å². The average Bonchev–Trinajstić information content (AvgIpc) is 2.86. The fraction of sp³-hybridized carbons (Fsp3) is 0.500. The minimum atomic E-state index is -0.218. The Morgan fingerprint density at radius 3 is 2.52 bits per heavy atom. The van der Waals surface area contributed by atoms with Crippen LogP contribution >= 0.6 is 0 Å². The molecule has 2 rings (SSSR count). The number of nitrogens with two attached hydrogens (primary N) is 1. The third kappa shape index (κ3) is 3.91. The fourth-order valence-corrected chi connectivity index (χ4v) is 2.02. The smallest absolute Gasteiger partial charge is 0.176 e. The molecule has 1 aromatic heterocycles. The van der Waals surface area contributed by atoms with Gasteiger partial charge in [-0.2, -0.15) is 4.80 Å². The molecule has 2 N–H and O–H groups in total. The van der Waals surface area contributed by atoms with Crippen LogP contribution in [0.1, 0.15) is 31.3 Å². The predicted octanol–water partition coefficient (Wildman–Crippen LogP) is 1.25. The van der Waals surface area contributed by atoms with Crippen LogP contribution in [0, 0.1) is 0 Å². The zero-order chi connectivity index (χ0) is 15.2. The molecule has 0 bridgehead atoms. The van der Waals surface area contributed by atoms with Gasteiger partial charge in [0.05, 0.1) is 20.3 Å². The molecule has 0 spiro atoms. The Kier molecular flexibility index (Phi) is 5.10. The maximum atomic E-state index is 6.21. The molecule has 1 unspecified atom stereocenters. The molecular weight excluding hydrogens is 270 g/mol. The van der Waals surface area contributed by atoms with E-state index in [0.29, 0.717) is 31.2 Å². The third-order valence-electron chi connectivity index (χ3n) is 2.95. The Labute approximate surface area is 124 Å². The van der Waals surface area contributed by atoms with Crippen LogP contribution in [0.2, 0.25) is 0 Å². The van der Waals surface area contributed by atoms with Crippen molar-refractivity contribution in [3.05, 3.63) is 29.6 Å². The molecule has 0 aliphatic heterocycles. The molecule has 114 valence electrons. The van der Waals surface area contributed by atoms with Gasteiger partial charge in [0, 0.05) is 12.5 Å². The van der Waals surface area contributed by atoms with Crippen molar-refractivity contribution in [2.45, 2.75) is 26.3 Å². The number of rotatable bonds is 7. The van der Waals surface area contributed by atoms with Crippen molar-refractivity contribution in [2.24, 2.45) is 12.8 Å². The summed E-state index contributed by atoms with van der Waals surface area (Å²) in [6, 6.07) is 5.52. The summed E-state index contributed by atoms with van der Waals surface area (Å²) in [6.45, 7) is 5.04. The number of hydrogen-bond acceptors (Lipinski definition) is 6. The summed E-state index contributed by atoms with van der Waals surface area (Å²) in [5.41, 5.74) is 7.17. The first-order valence-corrected chi connectivity index (χ1v) is 7.02. The molecule has 1 aromatic carbocycles. The van der Waals surface area contributed by atoms with Crippen molar-refractivity contribution < 1.29 is 9.47 Å². The third-order valence-corrected chi connectivity index (χ3v) is 2.95. The Morgan fingerprint density at radius 2 is 1.90 bits per heavy atom. The molecule has 0 radical (unpaired) electrons. The average molecular weight is 291 g/mol. The zero-order valence-corrected chi connectivity index (χ0v) is 12.6. The van der Waals surface area contributed by atoms with Gasteiger partial charge in [-0.15, -0.1) is 10.2 Å². The number of hydrogen-bond donors (Lipinski definition) is 1. The molecule has 7 nitrogen and oxygen atoms in total. The highest BCUT2D eigenvalue weighted by molar-refractivity contribution is 5.44. The van der Waals surface area contributed by atoms with Gasteiger partial charge in [-0.3, -0.25) is 0 Å². The summed E-state index contributed by atoms with van der Waals surface area (Å²) in [4.78, 5) is 1.42. The second kappa shape index (κ2) is 7.03. The van der Waals surface area contributed by atoms with E-state index in [4.69, 9.17) is 15.2 Å². The molecule has 0 amide bonds. The molecule has 0 aliphatic rings. The van der Waals surface area contributed by atoms with Gasteiger partial charge in [0.25, 0.3) is 0 Å². The second-order valence-corrected chi connectivity index (χ2v) is 4.58. The molecule has 0 saturated carbocycles.